The molecule has 1 fully saturated rings. The van der Waals surface area contributed by atoms with Crippen LogP contribution in [0, 0.1) is 5.92 Å². The van der Waals surface area contributed by atoms with Crippen LogP contribution in [0.3, 0.4) is 0 Å². The molecule has 5 heteroatoms. The first-order valence-corrected chi connectivity index (χ1v) is 5.49. The predicted molar refractivity (Wildman–Crippen MR) is 60.0 cm³/mol. The van der Waals surface area contributed by atoms with Gasteiger partial charge in [0.25, 0.3) is 0 Å². The average Bonchev–Trinajstić information content (AvgIpc) is 3.05. The second-order valence-corrected chi connectivity index (χ2v) is 3.96. The van der Waals surface area contributed by atoms with E-state index in [-0.39, 0.29) is 11.8 Å². The van der Waals surface area contributed by atoms with Gasteiger partial charge in [-0.15, -0.1) is 0 Å². The van der Waals surface area contributed by atoms with Crippen molar-refractivity contribution in [3.63, 3.8) is 0 Å². The van der Waals surface area contributed by atoms with E-state index >= 15 is 0 Å². The first kappa shape index (κ1) is 12.7. The first-order valence-electron chi connectivity index (χ1n) is 5.49. The van der Waals surface area contributed by atoms with Gasteiger partial charge in [-0.05, 0) is 19.8 Å². The second kappa shape index (κ2) is 6.27. The maximum Gasteiger partial charge on any atom is 0.330 e. The molecule has 0 radical (unpaired) electrons. The SMILES string of the molecule is CC(=CCNCCNC(=O)C1CC1)C(=O)O. The van der Waals surface area contributed by atoms with Crippen molar-refractivity contribution in [3.8, 4) is 0 Å². The van der Waals surface area contributed by atoms with E-state index in [2.05, 4.69) is 10.6 Å². The van der Waals surface area contributed by atoms with E-state index in [0.717, 1.165) is 12.8 Å². The Hall–Kier alpha value is -1.36. The zero-order chi connectivity index (χ0) is 12.0. The Kier molecular flexibility index (Phi) is 4.98. The van der Waals surface area contributed by atoms with Crippen LogP contribution in [-0.4, -0.2) is 36.6 Å². The topological polar surface area (TPSA) is 78.4 Å². The first-order chi connectivity index (χ1) is 7.61. The van der Waals surface area contributed by atoms with Crippen LogP contribution in [0.25, 0.3) is 0 Å². The average molecular weight is 226 g/mol. The van der Waals surface area contributed by atoms with E-state index in [9.17, 15) is 9.59 Å². The number of amides is 1. The summed E-state index contributed by atoms with van der Waals surface area (Å²) in [6.45, 7) is 3.31. The van der Waals surface area contributed by atoms with Crippen LogP contribution < -0.4 is 10.6 Å². The fourth-order valence-corrected chi connectivity index (χ4v) is 1.18. The summed E-state index contributed by atoms with van der Waals surface area (Å²) in [5.41, 5.74) is 0.328. The van der Waals surface area contributed by atoms with Crippen LogP contribution in [0.2, 0.25) is 0 Å². The summed E-state index contributed by atoms with van der Waals surface area (Å²) in [4.78, 5) is 21.6. The summed E-state index contributed by atoms with van der Waals surface area (Å²) in [6, 6.07) is 0. The van der Waals surface area contributed by atoms with E-state index < -0.39 is 5.97 Å². The van der Waals surface area contributed by atoms with Crippen LogP contribution in [0.1, 0.15) is 19.8 Å². The van der Waals surface area contributed by atoms with Crippen molar-refractivity contribution in [1.82, 2.24) is 10.6 Å². The number of carbonyl (C=O) groups excluding carboxylic acids is 1. The Morgan fingerprint density at radius 2 is 2.06 bits per heavy atom. The number of aliphatic carboxylic acids is 1. The Morgan fingerprint density at radius 3 is 2.62 bits per heavy atom. The molecule has 0 atom stereocenters. The molecule has 0 bridgehead atoms. The normalized spacial score (nSPS) is 15.9. The summed E-state index contributed by atoms with van der Waals surface area (Å²) < 4.78 is 0. The number of carbonyl (C=O) groups is 2. The quantitative estimate of drug-likeness (QED) is 0.426. The molecule has 0 unspecified atom stereocenters. The van der Waals surface area contributed by atoms with Crippen molar-refractivity contribution in [2.75, 3.05) is 19.6 Å². The Morgan fingerprint density at radius 1 is 1.38 bits per heavy atom. The summed E-state index contributed by atoms with van der Waals surface area (Å²) in [5.74, 6) is -0.517. The molecule has 90 valence electrons. The molecule has 1 saturated carbocycles. The third-order valence-electron chi connectivity index (χ3n) is 2.44. The van der Waals surface area contributed by atoms with E-state index in [1.807, 2.05) is 0 Å². The number of carboxylic acids is 1. The summed E-state index contributed by atoms with van der Waals surface area (Å²) in [6.07, 6.45) is 3.64. The van der Waals surface area contributed by atoms with Crippen molar-refractivity contribution in [3.05, 3.63) is 11.6 Å². The number of hydrogen-bond donors (Lipinski definition) is 3. The van der Waals surface area contributed by atoms with Crippen molar-refractivity contribution in [2.45, 2.75) is 19.8 Å². The maximum atomic E-state index is 11.2. The third-order valence-corrected chi connectivity index (χ3v) is 2.44. The van der Waals surface area contributed by atoms with Gasteiger partial charge in [0, 0.05) is 31.1 Å². The lowest BCUT2D eigenvalue weighted by Crippen LogP contribution is -2.32. The van der Waals surface area contributed by atoms with Gasteiger partial charge in [0.05, 0.1) is 0 Å². The van der Waals surface area contributed by atoms with Gasteiger partial charge in [0.1, 0.15) is 0 Å². The van der Waals surface area contributed by atoms with E-state index in [0.29, 0.717) is 25.2 Å². The van der Waals surface area contributed by atoms with E-state index in [4.69, 9.17) is 5.11 Å². The maximum absolute atomic E-state index is 11.2. The lowest BCUT2D eigenvalue weighted by molar-refractivity contribution is -0.132. The molecule has 0 aromatic carbocycles. The van der Waals surface area contributed by atoms with Crippen molar-refractivity contribution in [2.24, 2.45) is 5.92 Å². The lowest BCUT2D eigenvalue weighted by Gasteiger charge is -2.04. The van der Waals surface area contributed by atoms with Crippen molar-refractivity contribution < 1.29 is 14.7 Å². The Bertz CT molecular complexity index is 296. The molecule has 0 heterocycles. The van der Waals surface area contributed by atoms with Crippen LogP contribution in [-0.2, 0) is 9.59 Å². The van der Waals surface area contributed by atoms with E-state index in [1.54, 1.807) is 13.0 Å². The lowest BCUT2D eigenvalue weighted by atomic mass is 10.3. The number of rotatable bonds is 7. The minimum Gasteiger partial charge on any atom is -0.478 e. The summed E-state index contributed by atoms with van der Waals surface area (Å²) in [7, 11) is 0. The molecule has 1 rings (SSSR count). The molecule has 0 aliphatic heterocycles. The molecule has 0 aromatic rings. The second-order valence-electron chi connectivity index (χ2n) is 3.96. The molecule has 3 N–H and O–H groups in total. The fourth-order valence-electron chi connectivity index (χ4n) is 1.18. The molecule has 5 nitrogen and oxygen atoms in total. The Balaban J connectivity index is 1.97. The molecule has 16 heavy (non-hydrogen) atoms. The monoisotopic (exact) mass is 226 g/mol. The molecular weight excluding hydrogens is 208 g/mol. The van der Waals surface area contributed by atoms with Gasteiger partial charge in [-0.25, -0.2) is 4.79 Å². The highest BCUT2D eigenvalue weighted by molar-refractivity contribution is 5.85. The van der Waals surface area contributed by atoms with Gasteiger partial charge in [0.2, 0.25) is 5.91 Å². The minimum absolute atomic E-state index is 0.138. The van der Waals surface area contributed by atoms with Crippen LogP contribution in [0.5, 0.6) is 0 Å². The molecule has 0 spiro atoms. The highest BCUT2D eigenvalue weighted by atomic mass is 16.4. The van der Waals surface area contributed by atoms with E-state index in [1.165, 1.54) is 0 Å². The van der Waals surface area contributed by atoms with Crippen molar-refractivity contribution >= 4 is 11.9 Å². The van der Waals surface area contributed by atoms with Gasteiger partial charge >= 0.3 is 5.97 Å². The largest absolute Gasteiger partial charge is 0.478 e. The molecule has 0 saturated heterocycles. The fraction of sp³-hybridized carbons (Fsp3) is 0.636. The molecular formula is C11H18N2O3. The van der Waals surface area contributed by atoms with Crippen LogP contribution in [0.15, 0.2) is 11.6 Å². The van der Waals surface area contributed by atoms with Crippen LogP contribution in [0.4, 0.5) is 0 Å². The minimum atomic E-state index is -0.899. The highest BCUT2D eigenvalue weighted by Crippen LogP contribution is 2.28. The predicted octanol–water partition coefficient (Wildman–Crippen LogP) is 0.133. The summed E-state index contributed by atoms with van der Waals surface area (Å²) in [5, 5.41) is 14.4. The molecule has 1 aliphatic rings. The number of nitrogens with one attached hydrogen (secondary N) is 2. The van der Waals surface area contributed by atoms with Gasteiger partial charge in [-0.2, -0.15) is 0 Å². The van der Waals surface area contributed by atoms with Gasteiger partial charge in [-0.3, -0.25) is 4.79 Å². The standard InChI is InChI=1S/C11H18N2O3/c1-8(11(15)16)4-5-12-6-7-13-10(14)9-2-3-9/h4,9,12H,2-3,5-7H2,1H3,(H,13,14)(H,15,16). The highest BCUT2D eigenvalue weighted by Gasteiger charge is 2.28. The summed E-state index contributed by atoms with van der Waals surface area (Å²) >= 11 is 0. The van der Waals surface area contributed by atoms with Crippen LogP contribution >= 0.6 is 0 Å². The zero-order valence-corrected chi connectivity index (χ0v) is 9.45. The number of carboxylic acid groups (broad SMARTS) is 1. The van der Waals surface area contributed by atoms with Gasteiger partial charge < -0.3 is 15.7 Å². The third kappa shape index (κ3) is 4.93. The van der Waals surface area contributed by atoms with Gasteiger partial charge in [-0.1, -0.05) is 6.08 Å². The number of hydrogen-bond acceptors (Lipinski definition) is 3. The smallest absolute Gasteiger partial charge is 0.330 e. The van der Waals surface area contributed by atoms with Gasteiger partial charge in [0.15, 0.2) is 0 Å². The molecule has 1 amide bonds. The van der Waals surface area contributed by atoms with Crippen molar-refractivity contribution in [1.29, 1.82) is 0 Å². The zero-order valence-electron chi connectivity index (χ0n) is 9.45. The molecule has 1 aliphatic carbocycles. The molecule has 0 aromatic heterocycles. The Labute approximate surface area is 94.9 Å².